The molecule has 90 valence electrons. The topological polar surface area (TPSA) is 29.1 Å². The highest BCUT2D eigenvalue weighted by Gasteiger charge is 2.17. The molecule has 16 heavy (non-hydrogen) atoms. The normalized spacial score (nSPS) is 12.8. The molecule has 1 unspecified atom stereocenters. The Labute approximate surface area is 110 Å². The maximum Gasteiger partial charge on any atom is 0.234 e. The summed E-state index contributed by atoms with van der Waals surface area (Å²) in [6, 6.07) is 4.21. The standard InChI is InChI=1S/C12H18BrNOS/c1-4-9-5-6-10(16-9)7-14-12(15)11(13)8(2)3/h5-6,8,11H,4,7H2,1-3H3,(H,14,15). The Bertz CT molecular complexity index is 349. The van der Waals surface area contributed by atoms with E-state index in [1.165, 1.54) is 9.75 Å². The second-order valence-corrected chi connectivity index (χ2v) is 6.32. The molecule has 1 amide bonds. The van der Waals surface area contributed by atoms with E-state index >= 15 is 0 Å². The summed E-state index contributed by atoms with van der Waals surface area (Å²) in [5.74, 6) is 0.385. The number of carbonyl (C=O) groups excluding carboxylic acids is 1. The lowest BCUT2D eigenvalue weighted by Crippen LogP contribution is -2.33. The molecule has 0 radical (unpaired) electrons. The highest BCUT2D eigenvalue weighted by molar-refractivity contribution is 9.10. The van der Waals surface area contributed by atoms with Gasteiger partial charge in [-0.2, -0.15) is 0 Å². The summed E-state index contributed by atoms with van der Waals surface area (Å²) >= 11 is 5.16. The van der Waals surface area contributed by atoms with E-state index in [2.05, 4.69) is 40.3 Å². The number of rotatable bonds is 5. The molecule has 1 atom stereocenters. The zero-order chi connectivity index (χ0) is 12.1. The first-order valence-electron chi connectivity index (χ1n) is 5.54. The molecule has 0 spiro atoms. The van der Waals surface area contributed by atoms with Gasteiger partial charge in [-0.15, -0.1) is 11.3 Å². The van der Waals surface area contributed by atoms with Crippen LogP contribution < -0.4 is 5.32 Å². The fraction of sp³-hybridized carbons (Fsp3) is 0.583. The Balaban J connectivity index is 2.42. The third-order valence-electron chi connectivity index (χ3n) is 2.34. The van der Waals surface area contributed by atoms with Crippen molar-refractivity contribution in [1.82, 2.24) is 5.32 Å². The molecule has 1 aromatic heterocycles. The van der Waals surface area contributed by atoms with Crippen LogP contribution in [0.4, 0.5) is 0 Å². The van der Waals surface area contributed by atoms with E-state index in [1.807, 2.05) is 13.8 Å². The molecule has 1 N–H and O–H groups in total. The van der Waals surface area contributed by atoms with E-state index in [9.17, 15) is 4.79 Å². The molecule has 1 aromatic rings. The van der Waals surface area contributed by atoms with E-state index in [0.717, 1.165) is 6.42 Å². The van der Waals surface area contributed by atoms with Crippen LogP contribution in [0.3, 0.4) is 0 Å². The predicted molar refractivity (Wildman–Crippen MR) is 73.1 cm³/mol. The van der Waals surface area contributed by atoms with Gasteiger partial charge in [0, 0.05) is 9.75 Å². The summed E-state index contributed by atoms with van der Waals surface area (Å²) in [7, 11) is 0. The first kappa shape index (κ1) is 13.7. The SMILES string of the molecule is CCc1ccc(CNC(=O)C(Br)C(C)C)s1. The number of hydrogen-bond donors (Lipinski definition) is 1. The van der Waals surface area contributed by atoms with Gasteiger partial charge in [0.1, 0.15) is 0 Å². The third-order valence-corrected chi connectivity index (χ3v) is 5.04. The number of carbonyl (C=O) groups is 1. The van der Waals surface area contributed by atoms with Gasteiger partial charge in [0.15, 0.2) is 0 Å². The quantitative estimate of drug-likeness (QED) is 0.831. The molecule has 0 aromatic carbocycles. The molecule has 0 bridgehead atoms. The van der Waals surface area contributed by atoms with Gasteiger partial charge in [0.25, 0.3) is 0 Å². The second-order valence-electron chi connectivity index (χ2n) is 4.09. The zero-order valence-electron chi connectivity index (χ0n) is 9.92. The van der Waals surface area contributed by atoms with Crippen LogP contribution in [0.5, 0.6) is 0 Å². The van der Waals surface area contributed by atoms with Crippen LogP contribution in [0.1, 0.15) is 30.5 Å². The van der Waals surface area contributed by atoms with E-state index < -0.39 is 0 Å². The molecule has 4 heteroatoms. The molecular formula is C12H18BrNOS. The molecule has 0 saturated carbocycles. The summed E-state index contributed by atoms with van der Waals surface area (Å²) in [6.45, 7) is 6.83. The first-order valence-corrected chi connectivity index (χ1v) is 7.27. The maximum atomic E-state index is 11.7. The molecule has 0 aliphatic heterocycles. The van der Waals surface area contributed by atoms with Gasteiger partial charge in [-0.05, 0) is 24.5 Å². The molecule has 0 aliphatic rings. The average molecular weight is 304 g/mol. The van der Waals surface area contributed by atoms with Crippen molar-refractivity contribution in [2.45, 2.75) is 38.6 Å². The van der Waals surface area contributed by atoms with Gasteiger partial charge < -0.3 is 5.32 Å². The van der Waals surface area contributed by atoms with E-state index in [0.29, 0.717) is 12.5 Å². The minimum atomic E-state index is -0.0990. The monoisotopic (exact) mass is 303 g/mol. The van der Waals surface area contributed by atoms with Gasteiger partial charge in [0.2, 0.25) is 5.91 Å². The second kappa shape index (κ2) is 6.40. The number of aryl methyl sites for hydroxylation is 1. The number of amides is 1. The molecule has 1 heterocycles. The summed E-state index contributed by atoms with van der Waals surface area (Å²) in [6.07, 6.45) is 1.06. The lowest BCUT2D eigenvalue weighted by atomic mass is 10.1. The van der Waals surface area contributed by atoms with E-state index in [-0.39, 0.29) is 10.7 Å². The van der Waals surface area contributed by atoms with Crippen LogP contribution >= 0.6 is 27.3 Å². The summed E-state index contributed by atoms with van der Waals surface area (Å²) in [4.78, 5) is 14.2. The van der Waals surface area contributed by atoms with Crippen molar-refractivity contribution in [3.05, 3.63) is 21.9 Å². The number of halogens is 1. The Morgan fingerprint density at radius 3 is 2.56 bits per heavy atom. The van der Waals surface area contributed by atoms with Crippen molar-refractivity contribution in [1.29, 1.82) is 0 Å². The third kappa shape index (κ3) is 3.91. The summed E-state index contributed by atoms with van der Waals surface area (Å²) < 4.78 is 0. The van der Waals surface area contributed by atoms with Gasteiger partial charge in [-0.25, -0.2) is 0 Å². The Morgan fingerprint density at radius 2 is 2.06 bits per heavy atom. The first-order chi connectivity index (χ1) is 7.54. The maximum absolute atomic E-state index is 11.7. The fourth-order valence-electron chi connectivity index (χ4n) is 1.28. The number of nitrogens with one attached hydrogen (secondary N) is 1. The van der Waals surface area contributed by atoms with Crippen molar-refractivity contribution >= 4 is 33.2 Å². The molecule has 1 rings (SSSR count). The Morgan fingerprint density at radius 1 is 1.44 bits per heavy atom. The van der Waals surface area contributed by atoms with Crippen LogP contribution in [0.2, 0.25) is 0 Å². The van der Waals surface area contributed by atoms with Gasteiger partial charge in [-0.1, -0.05) is 36.7 Å². The number of hydrogen-bond acceptors (Lipinski definition) is 2. The van der Waals surface area contributed by atoms with Crippen molar-refractivity contribution in [2.75, 3.05) is 0 Å². The van der Waals surface area contributed by atoms with Crippen LogP contribution in [0.15, 0.2) is 12.1 Å². The lowest BCUT2D eigenvalue weighted by molar-refractivity contribution is -0.121. The van der Waals surface area contributed by atoms with E-state index in [4.69, 9.17) is 0 Å². The minimum absolute atomic E-state index is 0.0708. The summed E-state index contributed by atoms with van der Waals surface area (Å²) in [5, 5.41) is 2.94. The smallest absolute Gasteiger partial charge is 0.234 e. The molecular weight excluding hydrogens is 286 g/mol. The molecule has 0 saturated heterocycles. The molecule has 0 fully saturated rings. The highest BCUT2D eigenvalue weighted by Crippen LogP contribution is 2.17. The zero-order valence-corrected chi connectivity index (χ0v) is 12.3. The van der Waals surface area contributed by atoms with Gasteiger partial charge in [0.05, 0.1) is 11.4 Å². The van der Waals surface area contributed by atoms with E-state index in [1.54, 1.807) is 11.3 Å². The molecule has 0 aliphatic carbocycles. The fourth-order valence-corrected chi connectivity index (χ4v) is 2.34. The van der Waals surface area contributed by atoms with Crippen LogP contribution in [-0.2, 0) is 17.8 Å². The molecule has 2 nitrogen and oxygen atoms in total. The van der Waals surface area contributed by atoms with Gasteiger partial charge >= 0.3 is 0 Å². The Kier molecular flexibility index (Phi) is 5.49. The number of alkyl halides is 1. The highest BCUT2D eigenvalue weighted by atomic mass is 79.9. The van der Waals surface area contributed by atoms with Crippen LogP contribution in [0.25, 0.3) is 0 Å². The van der Waals surface area contributed by atoms with Crippen molar-refractivity contribution in [2.24, 2.45) is 5.92 Å². The van der Waals surface area contributed by atoms with Crippen molar-refractivity contribution < 1.29 is 4.79 Å². The van der Waals surface area contributed by atoms with Crippen molar-refractivity contribution in [3.63, 3.8) is 0 Å². The average Bonchev–Trinajstić information content (AvgIpc) is 2.72. The Hall–Kier alpha value is -0.350. The van der Waals surface area contributed by atoms with Crippen LogP contribution in [-0.4, -0.2) is 10.7 Å². The summed E-state index contributed by atoms with van der Waals surface area (Å²) in [5.41, 5.74) is 0. The minimum Gasteiger partial charge on any atom is -0.350 e. The number of thiophene rings is 1. The van der Waals surface area contributed by atoms with Crippen molar-refractivity contribution in [3.8, 4) is 0 Å². The lowest BCUT2D eigenvalue weighted by Gasteiger charge is -2.13. The largest absolute Gasteiger partial charge is 0.350 e. The van der Waals surface area contributed by atoms with Gasteiger partial charge in [-0.3, -0.25) is 4.79 Å². The predicted octanol–water partition coefficient (Wildman–Crippen LogP) is 3.35. The van der Waals surface area contributed by atoms with Crippen LogP contribution in [0, 0.1) is 5.92 Å².